The average Bonchev–Trinajstić information content (AvgIpc) is 4.07. The smallest absolute Gasteiger partial charge is 0.238 e. The van der Waals surface area contributed by atoms with E-state index in [1.165, 1.54) is 33.0 Å². The second-order valence-electron chi connectivity index (χ2n) is 17.6. The number of rotatable bonds is 7. The number of benzene rings is 10. The van der Waals surface area contributed by atoms with Crippen molar-refractivity contribution in [2.24, 2.45) is 0 Å². The Labute approximate surface area is 397 Å². The van der Waals surface area contributed by atoms with Crippen LogP contribution in [-0.4, -0.2) is 28.7 Å². The molecule has 0 aliphatic rings. The summed E-state index contributed by atoms with van der Waals surface area (Å²) in [4.78, 5) is 15.7. The lowest BCUT2D eigenvalue weighted by Crippen LogP contribution is -2.07. The summed E-state index contributed by atoms with van der Waals surface area (Å²) in [5.41, 5.74) is 15.3. The fourth-order valence-corrected chi connectivity index (χ4v) is 10.6. The molecule has 0 amide bonds. The summed E-state index contributed by atoms with van der Waals surface area (Å²) in [5.74, 6) is 1.79. The van der Waals surface area contributed by atoms with E-state index >= 15 is 0 Å². The highest BCUT2D eigenvalue weighted by atomic mass is 15.2. The van der Waals surface area contributed by atoms with Gasteiger partial charge in [0, 0.05) is 54.8 Å². The molecule has 0 N–H and O–H groups in total. The van der Waals surface area contributed by atoms with Crippen molar-refractivity contribution in [2.45, 2.75) is 0 Å². The van der Waals surface area contributed by atoms with Gasteiger partial charge in [-0.05, 0) is 82.9 Å². The van der Waals surface area contributed by atoms with Gasteiger partial charge < -0.3 is 9.13 Å². The number of fused-ring (bicyclic) bond motifs is 10. The largest absolute Gasteiger partial charge is 0.309 e. The zero-order valence-electron chi connectivity index (χ0n) is 37.3. The van der Waals surface area contributed by atoms with Crippen LogP contribution in [0.25, 0.3) is 128 Å². The zero-order chi connectivity index (χ0) is 45.4. The van der Waals surface area contributed by atoms with E-state index in [2.05, 4.69) is 220 Å². The van der Waals surface area contributed by atoms with Crippen molar-refractivity contribution in [3.63, 3.8) is 0 Å². The van der Waals surface area contributed by atoms with Gasteiger partial charge in [-0.1, -0.05) is 182 Å². The maximum Gasteiger partial charge on any atom is 0.238 e. The van der Waals surface area contributed by atoms with Crippen molar-refractivity contribution in [1.82, 2.24) is 28.7 Å². The molecule has 6 nitrogen and oxygen atoms in total. The van der Waals surface area contributed by atoms with Gasteiger partial charge >= 0.3 is 0 Å². The number of hydrogen-bond donors (Lipinski definition) is 0. The maximum atomic E-state index is 5.32. The molecular weight excluding hydrogens is 841 g/mol. The first-order valence-corrected chi connectivity index (χ1v) is 23.4. The van der Waals surface area contributed by atoms with Crippen LogP contribution in [0.5, 0.6) is 0 Å². The van der Waals surface area contributed by atoms with E-state index in [1.807, 2.05) is 36.4 Å². The SMILES string of the molecule is c1ccc(-c2ccc3c(c2)c2cc(-c4ccccc4)ccc2n3-c2ccc3c(c2)c2ccc4c5ccccc5n(-c5nc(-c6ccccc6)nc(-c6ccccc6)n5)c4c2n3-c2ccccc2)cc1. The number of hydrogen-bond acceptors (Lipinski definition) is 3. The Bertz CT molecular complexity index is 4110. The summed E-state index contributed by atoms with van der Waals surface area (Å²) in [6.07, 6.45) is 0. The standard InChI is InChI=1S/C63H40N6/c1-6-18-41(19-7-1)45-30-35-56-52(38-45)53-39-46(42-20-8-2-9-21-42)31-36-57(53)67(56)48-32-37-58-54(40-48)51-34-33-50-49-28-16-17-29-55(49)69(60(50)59(51)68(58)47-26-14-5-15-27-47)63-65-61(43-22-10-3-11-23-43)64-62(66-63)44-24-12-4-13-25-44/h1-40H. The van der Waals surface area contributed by atoms with E-state index in [4.69, 9.17) is 15.0 Å². The molecule has 0 atom stereocenters. The molecule has 4 aromatic heterocycles. The Morgan fingerprint density at radius 3 is 1.22 bits per heavy atom. The van der Waals surface area contributed by atoms with E-state index in [-0.39, 0.29) is 0 Å². The molecule has 14 rings (SSSR count). The molecule has 0 aliphatic heterocycles. The Balaban J connectivity index is 1.07. The minimum Gasteiger partial charge on any atom is -0.309 e. The Morgan fingerprint density at radius 1 is 0.232 bits per heavy atom. The second kappa shape index (κ2) is 15.6. The fourth-order valence-electron chi connectivity index (χ4n) is 10.6. The van der Waals surface area contributed by atoms with E-state index < -0.39 is 0 Å². The lowest BCUT2D eigenvalue weighted by molar-refractivity contribution is 0.953. The van der Waals surface area contributed by atoms with Crippen molar-refractivity contribution in [3.8, 4) is 62.4 Å². The van der Waals surface area contributed by atoms with Gasteiger partial charge in [-0.25, -0.2) is 4.98 Å². The number of nitrogens with zero attached hydrogens (tertiary/aromatic N) is 6. The topological polar surface area (TPSA) is 53.5 Å². The van der Waals surface area contributed by atoms with Crippen LogP contribution in [0.4, 0.5) is 0 Å². The number of para-hydroxylation sites is 2. The van der Waals surface area contributed by atoms with Gasteiger partial charge in [0.1, 0.15) is 0 Å². The predicted molar refractivity (Wildman–Crippen MR) is 285 cm³/mol. The molecule has 4 heterocycles. The minimum absolute atomic E-state index is 0.557. The van der Waals surface area contributed by atoms with Crippen LogP contribution in [0, 0.1) is 0 Å². The summed E-state index contributed by atoms with van der Waals surface area (Å²) >= 11 is 0. The molecule has 6 heteroatoms. The molecule has 0 fully saturated rings. The van der Waals surface area contributed by atoms with Crippen molar-refractivity contribution >= 4 is 65.4 Å². The third-order valence-corrected chi connectivity index (χ3v) is 13.7. The van der Waals surface area contributed by atoms with Crippen LogP contribution in [0.1, 0.15) is 0 Å². The predicted octanol–water partition coefficient (Wildman–Crippen LogP) is 15.8. The molecular formula is C63H40N6. The average molecular weight is 881 g/mol. The second-order valence-corrected chi connectivity index (χ2v) is 17.6. The van der Waals surface area contributed by atoms with E-state index in [9.17, 15) is 0 Å². The molecule has 322 valence electrons. The van der Waals surface area contributed by atoms with Crippen molar-refractivity contribution < 1.29 is 0 Å². The van der Waals surface area contributed by atoms with E-state index in [0.29, 0.717) is 17.6 Å². The van der Waals surface area contributed by atoms with Gasteiger partial charge in [-0.3, -0.25) is 4.57 Å². The van der Waals surface area contributed by atoms with E-state index in [1.54, 1.807) is 0 Å². The van der Waals surface area contributed by atoms with E-state index in [0.717, 1.165) is 77.1 Å². The van der Waals surface area contributed by atoms with Crippen molar-refractivity contribution in [1.29, 1.82) is 0 Å². The third kappa shape index (κ3) is 6.23. The third-order valence-electron chi connectivity index (χ3n) is 13.7. The normalized spacial score (nSPS) is 11.8. The number of aromatic nitrogens is 6. The fraction of sp³-hybridized carbons (Fsp3) is 0. The van der Waals surface area contributed by atoms with Crippen LogP contribution in [0.15, 0.2) is 243 Å². The molecule has 0 aliphatic carbocycles. The monoisotopic (exact) mass is 880 g/mol. The molecule has 0 saturated carbocycles. The lowest BCUT2D eigenvalue weighted by atomic mass is 10.0. The van der Waals surface area contributed by atoms with Crippen LogP contribution >= 0.6 is 0 Å². The molecule has 0 saturated heterocycles. The molecule has 14 aromatic rings. The van der Waals surface area contributed by atoms with Gasteiger partial charge in [0.2, 0.25) is 5.95 Å². The summed E-state index contributed by atoms with van der Waals surface area (Å²) < 4.78 is 7.12. The summed E-state index contributed by atoms with van der Waals surface area (Å²) in [6.45, 7) is 0. The highest BCUT2D eigenvalue weighted by Crippen LogP contribution is 2.44. The molecule has 69 heavy (non-hydrogen) atoms. The molecule has 10 aromatic carbocycles. The van der Waals surface area contributed by atoms with Gasteiger partial charge in [-0.2, -0.15) is 9.97 Å². The van der Waals surface area contributed by atoms with Crippen LogP contribution in [0.2, 0.25) is 0 Å². The van der Waals surface area contributed by atoms with Crippen molar-refractivity contribution in [2.75, 3.05) is 0 Å². The first-order valence-electron chi connectivity index (χ1n) is 23.4. The first kappa shape index (κ1) is 38.8. The quantitative estimate of drug-likeness (QED) is 0.160. The highest BCUT2D eigenvalue weighted by Gasteiger charge is 2.24. The molecule has 0 radical (unpaired) electrons. The zero-order valence-corrected chi connectivity index (χ0v) is 37.3. The summed E-state index contributed by atoms with van der Waals surface area (Å²) in [5, 5.41) is 6.94. The summed E-state index contributed by atoms with van der Waals surface area (Å²) in [6, 6.07) is 86.4. The molecule has 0 unspecified atom stereocenters. The molecule has 0 bridgehead atoms. The van der Waals surface area contributed by atoms with Gasteiger partial charge in [0.25, 0.3) is 0 Å². The Kier molecular flexibility index (Phi) is 8.79. The highest BCUT2D eigenvalue weighted by molar-refractivity contribution is 6.24. The lowest BCUT2D eigenvalue weighted by Gasteiger charge is -2.13. The molecule has 0 spiro atoms. The maximum absolute atomic E-state index is 5.32. The van der Waals surface area contributed by atoms with Gasteiger partial charge in [0.05, 0.1) is 33.1 Å². The van der Waals surface area contributed by atoms with Gasteiger partial charge in [-0.15, -0.1) is 0 Å². The van der Waals surface area contributed by atoms with Crippen molar-refractivity contribution in [3.05, 3.63) is 243 Å². The van der Waals surface area contributed by atoms with Crippen LogP contribution in [0.3, 0.4) is 0 Å². The Morgan fingerprint density at radius 2 is 0.652 bits per heavy atom. The first-order chi connectivity index (χ1) is 34.2. The summed E-state index contributed by atoms with van der Waals surface area (Å²) in [7, 11) is 0. The van der Waals surface area contributed by atoms with Crippen LogP contribution in [-0.2, 0) is 0 Å². The van der Waals surface area contributed by atoms with Crippen LogP contribution < -0.4 is 0 Å². The minimum atomic E-state index is 0.557. The Hall–Kier alpha value is -9.39. The van der Waals surface area contributed by atoms with Gasteiger partial charge in [0.15, 0.2) is 11.6 Å².